The van der Waals surface area contributed by atoms with Crippen molar-refractivity contribution in [2.24, 2.45) is 0 Å². The molecule has 3 amide bonds. The van der Waals surface area contributed by atoms with E-state index < -0.39 is 17.4 Å². The maximum Gasteiger partial charge on any atom is 0.313 e. The highest BCUT2D eigenvalue weighted by molar-refractivity contribution is 6.39. The third-order valence-corrected chi connectivity index (χ3v) is 6.18. The molecule has 2 N–H and O–H groups in total. The van der Waals surface area contributed by atoms with Crippen LogP contribution < -0.4 is 15.4 Å². The Labute approximate surface area is 219 Å². The number of amides is 3. The van der Waals surface area contributed by atoms with E-state index in [1.165, 1.54) is 37.8 Å². The quantitative estimate of drug-likeness (QED) is 0.458. The third kappa shape index (κ3) is 6.54. The molecule has 0 saturated carbocycles. The second kappa shape index (κ2) is 11.4. The molecule has 1 aliphatic rings. The van der Waals surface area contributed by atoms with Crippen LogP contribution in [0.15, 0.2) is 59.5 Å². The van der Waals surface area contributed by atoms with E-state index in [4.69, 9.17) is 9.15 Å². The van der Waals surface area contributed by atoms with Crippen molar-refractivity contribution < 1.29 is 27.9 Å². The first-order valence-electron chi connectivity index (χ1n) is 12.1. The van der Waals surface area contributed by atoms with E-state index in [0.29, 0.717) is 61.0 Å². The normalized spacial score (nSPS) is 14.2. The lowest BCUT2D eigenvalue weighted by Crippen LogP contribution is -2.57. The van der Waals surface area contributed by atoms with Crippen molar-refractivity contribution in [2.75, 3.05) is 45.2 Å². The molecule has 2 heterocycles. The molecule has 0 aliphatic carbocycles. The Morgan fingerprint density at radius 1 is 1.05 bits per heavy atom. The van der Waals surface area contributed by atoms with E-state index in [-0.39, 0.29) is 11.7 Å². The van der Waals surface area contributed by atoms with Gasteiger partial charge in [-0.1, -0.05) is 0 Å². The maximum atomic E-state index is 13.1. The molecule has 11 heteroatoms. The number of carbonyl (C=O) groups excluding carboxylic acids is 3. The van der Waals surface area contributed by atoms with Crippen LogP contribution in [0.5, 0.6) is 5.75 Å². The third-order valence-electron chi connectivity index (χ3n) is 6.18. The number of piperazine rings is 1. The molecule has 1 fully saturated rings. The summed E-state index contributed by atoms with van der Waals surface area (Å²) in [5, 5.41) is 5.38. The molecular weight excluding hydrogens is 493 g/mol. The molecule has 2 aromatic carbocycles. The summed E-state index contributed by atoms with van der Waals surface area (Å²) in [5.74, 6) is -1.12. The van der Waals surface area contributed by atoms with Crippen LogP contribution >= 0.6 is 0 Å². The first kappa shape index (κ1) is 26.8. The van der Waals surface area contributed by atoms with Crippen LogP contribution in [0.4, 0.5) is 10.1 Å². The summed E-state index contributed by atoms with van der Waals surface area (Å²) in [6.07, 6.45) is 2.86. The van der Waals surface area contributed by atoms with Gasteiger partial charge in [0.25, 0.3) is 5.91 Å². The van der Waals surface area contributed by atoms with Gasteiger partial charge in [0.1, 0.15) is 11.6 Å². The fourth-order valence-corrected chi connectivity index (χ4v) is 4.36. The van der Waals surface area contributed by atoms with Gasteiger partial charge >= 0.3 is 11.8 Å². The SMILES string of the molecule is COc1cc(NC(=O)C(=O)NC(C)(C)CN2CCN(C(=O)c3ccc(F)cc3)CC2)ccc1-c1cnco1. The summed E-state index contributed by atoms with van der Waals surface area (Å²) < 4.78 is 23.8. The number of ether oxygens (including phenoxy) is 1. The average molecular weight is 524 g/mol. The standard InChI is InChI=1S/C27H30FN5O5/c1-27(2,16-32-10-12-33(13-11-32)26(36)18-4-6-19(28)7-5-18)31-25(35)24(34)30-20-8-9-21(22(14-20)37-3)23-15-29-17-38-23/h4-9,14-15,17H,10-13,16H2,1-3H3,(H,30,34)(H,31,35). The molecule has 10 nitrogen and oxygen atoms in total. The number of oxazole rings is 1. The number of nitrogens with one attached hydrogen (secondary N) is 2. The summed E-state index contributed by atoms with van der Waals surface area (Å²) in [4.78, 5) is 45.7. The monoisotopic (exact) mass is 523 g/mol. The number of hydrogen-bond donors (Lipinski definition) is 2. The Balaban J connectivity index is 1.28. The van der Waals surface area contributed by atoms with E-state index in [0.717, 1.165) is 0 Å². The first-order valence-corrected chi connectivity index (χ1v) is 12.1. The maximum absolute atomic E-state index is 13.1. The predicted octanol–water partition coefficient (Wildman–Crippen LogP) is 2.78. The van der Waals surface area contributed by atoms with E-state index in [1.807, 2.05) is 13.8 Å². The lowest BCUT2D eigenvalue weighted by atomic mass is 10.0. The van der Waals surface area contributed by atoms with Crippen molar-refractivity contribution in [3.63, 3.8) is 0 Å². The first-order chi connectivity index (χ1) is 18.1. The molecule has 1 aliphatic heterocycles. The van der Waals surface area contributed by atoms with Gasteiger partial charge in [-0.3, -0.25) is 19.3 Å². The van der Waals surface area contributed by atoms with Gasteiger partial charge in [0.2, 0.25) is 0 Å². The summed E-state index contributed by atoms with van der Waals surface area (Å²) in [6, 6.07) is 10.5. The summed E-state index contributed by atoms with van der Waals surface area (Å²) >= 11 is 0. The van der Waals surface area contributed by atoms with E-state index in [9.17, 15) is 18.8 Å². The Morgan fingerprint density at radius 2 is 1.76 bits per heavy atom. The molecule has 0 unspecified atom stereocenters. The summed E-state index contributed by atoms with van der Waals surface area (Å²) in [7, 11) is 1.49. The van der Waals surface area contributed by atoms with Gasteiger partial charge in [-0.15, -0.1) is 0 Å². The molecule has 0 spiro atoms. The molecule has 0 bridgehead atoms. The van der Waals surface area contributed by atoms with Crippen LogP contribution in [0.25, 0.3) is 11.3 Å². The minimum absolute atomic E-state index is 0.139. The molecule has 3 aromatic rings. The molecule has 0 radical (unpaired) electrons. The van der Waals surface area contributed by atoms with Crippen molar-refractivity contribution in [1.82, 2.24) is 20.1 Å². The van der Waals surface area contributed by atoms with Gasteiger partial charge in [-0.25, -0.2) is 9.37 Å². The number of carbonyl (C=O) groups is 3. The molecular formula is C27H30FN5O5. The lowest BCUT2D eigenvalue weighted by molar-refractivity contribution is -0.137. The number of methoxy groups -OCH3 is 1. The number of benzene rings is 2. The second-order valence-corrected chi connectivity index (χ2v) is 9.65. The smallest absolute Gasteiger partial charge is 0.313 e. The van der Waals surface area contributed by atoms with Crippen molar-refractivity contribution in [3.8, 4) is 17.1 Å². The Morgan fingerprint density at radius 3 is 2.39 bits per heavy atom. The van der Waals surface area contributed by atoms with Crippen molar-refractivity contribution in [3.05, 3.63) is 66.4 Å². The van der Waals surface area contributed by atoms with Gasteiger partial charge in [-0.05, 0) is 50.2 Å². The van der Waals surface area contributed by atoms with Crippen LogP contribution in [0.1, 0.15) is 24.2 Å². The summed E-state index contributed by atoms with van der Waals surface area (Å²) in [5.41, 5.74) is 0.799. The highest BCUT2D eigenvalue weighted by Crippen LogP contribution is 2.32. The van der Waals surface area contributed by atoms with E-state index >= 15 is 0 Å². The Bertz CT molecular complexity index is 1290. The molecule has 200 valence electrons. The molecule has 1 aromatic heterocycles. The van der Waals surface area contributed by atoms with Gasteiger partial charge in [-0.2, -0.15) is 0 Å². The molecule has 1 saturated heterocycles. The van der Waals surface area contributed by atoms with Crippen molar-refractivity contribution >= 4 is 23.4 Å². The minimum Gasteiger partial charge on any atom is -0.496 e. The number of anilines is 1. The minimum atomic E-state index is -0.803. The van der Waals surface area contributed by atoms with Crippen LogP contribution in [-0.4, -0.2) is 77.9 Å². The Hall–Kier alpha value is -4.25. The zero-order valence-electron chi connectivity index (χ0n) is 21.5. The zero-order valence-corrected chi connectivity index (χ0v) is 21.5. The topological polar surface area (TPSA) is 117 Å². The number of nitrogens with zero attached hydrogens (tertiary/aromatic N) is 3. The second-order valence-electron chi connectivity index (χ2n) is 9.65. The zero-order chi connectivity index (χ0) is 27.3. The lowest BCUT2D eigenvalue weighted by Gasteiger charge is -2.39. The van der Waals surface area contributed by atoms with Crippen LogP contribution in [-0.2, 0) is 9.59 Å². The van der Waals surface area contributed by atoms with Crippen molar-refractivity contribution in [1.29, 1.82) is 0 Å². The number of halogens is 1. The highest BCUT2D eigenvalue weighted by atomic mass is 19.1. The summed E-state index contributed by atoms with van der Waals surface area (Å²) in [6.45, 7) is 6.39. The van der Waals surface area contributed by atoms with Crippen LogP contribution in [0.2, 0.25) is 0 Å². The van der Waals surface area contributed by atoms with Gasteiger partial charge in [0, 0.05) is 55.6 Å². The predicted molar refractivity (Wildman–Crippen MR) is 138 cm³/mol. The van der Waals surface area contributed by atoms with Gasteiger partial charge < -0.3 is 24.7 Å². The largest absolute Gasteiger partial charge is 0.496 e. The highest BCUT2D eigenvalue weighted by Gasteiger charge is 2.30. The molecule has 4 rings (SSSR count). The number of rotatable bonds is 7. The molecule has 38 heavy (non-hydrogen) atoms. The van der Waals surface area contributed by atoms with E-state index in [2.05, 4.69) is 20.5 Å². The van der Waals surface area contributed by atoms with E-state index in [1.54, 1.807) is 29.3 Å². The number of hydrogen-bond acceptors (Lipinski definition) is 7. The number of aromatic nitrogens is 1. The van der Waals surface area contributed by atoms with Gasteiger partial charge in [0.05, 0.1) is 18.9 Å². The van der Waals surface area contributed by atoms with Crippen molar-refractivity contribution in [2.45, 2.75) is 19.4 Å². The van der Waals surface area contributed by atoms with Crippen LogP contribution in [0.3, 0.4) is 0 Å². The molecule has 0 atom stereocenters. The Kier molecular flexibility index (Phi) is 8.06. The average Bonchev–Trinajstić information content (AvgIpc) is 3.43. The fraction of sp³-hybridized carbons (Fsp3) is 0.333. The van der Waals surface area contributed by atoms with Crippen LogP contribution in [0, 0.1) is 5.82 Å². The fourth-order valence-electron chi connectivity index (χ4n) is 4.36. The van der Waals surface area contributed by atoms with Gasteiger partial charge in [0.15, 0.2) is 12.2 Å².